The summed E-state index contributed by atoms with van der Waals surface area (Å²) in [6.45, 7) is 3.31. The van der Waals surface area contributed by atoms with Crippen LogP contribution in [0.4, 0.5) is 0 Å². The van der Waals surface area contributed by atoms with Gasteiger partial charge >= 0.3 is 0 Å². The zero-order valence-corrected chi connectivity index (χ0v) is 14.0. The van der Waals surface area contributed by atoms with Crippen LogP contribution < -0.4 is 4.72 Å². The van der Waals surface area contributed by atoms with E-state index in [1.165, 1.54) is 17.4 Å². The normalized spacial score (nSPS) is 16.7. The van der Waals surface area contributed by atoms with Crippen molar-refractivity contribution in [3.8, 4) is 0 Å². The van der Waals surface area contributed by atoms with Gasteiger partial charge in [-0.25, -0.2) is 13.1 Å². The molecule has 0 aromatic heterocycles. The average molecular weight is 324 g/mol. The van der Waals surface area contributed by atoms with Crippen molar-refractivity contribution in [2.75, 3.05) is 19.3 Å². The molecule has 6 heteroatoms. The van der Waals surface area contributed by atoms with E-state index in [9.17, 15) is 13.2 Å². The lowest BCUT2D eigenvalue weighted by atomic mass is 10.0. The summed E-state index contributed by atoms with van der Waals surface area (Å²) < 4.78 is 25.0. The Bertz CT molecular complexity index is 620. The quantitative estimate of drug-likeness (QED) is 0.892. The number of carbonyl (C=O) groups is 1. The van der Waals surface area contributed by atoms with Crippen LogP contribution >= 0.6 is 0 Å². The van der Waals surface area contributed by atoms with Crippen molar-refractivity contribution >= 4 is 15.9 Å². The number of benzene rings is 1. The molecular weight excluding hydrogens is 300 g/mol. The summed E-state index contributed by atoms with van der Waals surface area (Å²) in [5.41, 5.74) is 2.43. The molecule has 1 aliphatic rings. The molecule has 1 aromatic carbocycles. The molecular formula is C16H24N2O3S. The van der Waals surface area contributed by atoms with Crippen molar-refractivity contribution in [3.63, 3.8) is 0 Å². The first-order chi connectivity index (χ1) is 10.3. The van der Waals surface area contributed by atoms with Crippen molar-refractivity contribution in [2.24, 2.45) is 0 Å². The lowest BCUT2D eigenvalue weighted by Crippen LogP contribution is -2.46. The van der Waals surface area contributed by atoms with Gasteiger partial charge < -0.3 is 4.90 Å². The predicted octanol–water partition coefficient (Wildman–Crippen LogP) is 1.47. The van der Waals surface area contributed by atoms with Crippen molar-refractivity contribution in [1.82, 2.24) is 9.62 Å². The molecule has 2 rings (SSSR count). The molecule has 0 spiro atoms. The van der Waals surface area contributed by atoms with E-state index in [4.69, 9.17) is 0 Å². The van der Waals surface area contributed by atoms with Crippen LogP contribution in [-0.4, -0.2) is 44.6 Å². The molecule has 1 aromatic rings. The maximum absolute atomic E-state index is 12.3. The average Bonchev–Trinajstić information content (AvgIpc) is 2.45. The molecule has 0 saturated carbocycles. The Morgan fingerprint density at radius 1 is 1.27 bits per heavy atom. The molecule has 0 radical (unpaired) electrons. The van der Waals surface area contributed by atoms with Gasteiger partial charge in [-0.15, -0.1) is 0 Å². The van der Waals surface area contributed by atoms with Gasteiger partial charge in [-0.1, -0.05) is 24.3 Å². The van der Waals surface area contributed by atoms with Crippen LogP contribution in [0.1, 0.15) is 30.4 Å². The van der Waals surface area contributed by atoms with Gasteiger partial charge in [0.05, 0.1) is 6.26 Å². The number of rotatable bonds is 5. The molecule has 1 saturated heterocycles. The van der Waals surface area contributed by atoms with E-state index >= 15 is 0 Å². The Kier molecular flexibility index (Phi) is 5.58. The number of hydrogen-bond donors (Lipinski definition) is 1. The lowest BCUT2D eigenvalue weighted by molar-refractivity contribution is -0.132. The molecule has 122 valence electrons. The second kappa shape index (κ2) is 7.24. The van der Waals surface area contributed by atoms with Crippen LogP contribution in [0.15, 0.2) is 24.3 Å². The number of likely N-dealkylation sites (tertiary alicyclic amines) is 1. The Labute approximate surface area is 132 Å². The van der Waals surface area contributed by atoms with Crippen molar-refractivity contribution < 1.29 is 13.2 Å². The number of amides is 1. The molecule has 1 aliphatic heterocycles. The van der Waals surface area contributed by atoms with Crippen LogP contribution in [0.5, 0.6) is 0 Å². The summed E-state index contributed by atoms with van der Waals surface area (Å²) in [6.07, 6.45) is 3.81. The summed E-state index contributed by atoms with van der Waals surface area (Å²) in [6, 6.07) is 8.07. The second-order valence-electron chi connectivity index (χ2n) is 5.97. The SMILES string of the molecule is Cc1ccccc1CCC(=O)N1CCC(NS(C)(=O)=O)CC1. The highest BCUT2D eigenvalue weighted by Crippen LogP contribution is 2.15. The van der Waals surface area contributed by atoms with Gasteiger partial charge in [-0.05, 0) is 37.3 Å². The number of aryl methyl sites for hydroxylation is 2. The minimum Gasteiger partial charge on any atom is -0.343 e. The third kappa shape index (κ3) is 5.10. The Balaban J connectivity index is 1.79. The molecule has 1 amide bonds. The van der Waals surface area contributed by atoms with Crippen molar-refractivity contribution in [1.29, 1.82) is 0 Å². The van der Waals surface area contributed by atoms with Crippen LogP contribution in [-0.2, 0) is 21.2 Å². The van der Waals surface area contributed by atoms with E-state index in [0.29, 0.717) is 32.4 Å². The number of hydrogen-bond acceptors (Lipinski definition) is 3. The number of nitrogens with one attached hydrogen (secondary N) is 1. The predicted molar refractivity (Wildman–Crippen MR) is 87.1 cm³/mol. The molecule has 5 nitrogen and oxygen atoms in total. The lowest BCUT2D eigenvalue weighted by Gasteiger charge is -2.32. The highest BCUT2D eigenvalue weighted by molar-refractivity contribution is 7.88. The molecule has 0 unspecified atom stereocenters. The first-order valence-corrected chi connectivity index (χ1v) is 9.54. The van der Waals surface area contributed by atoms with Crippen molar-refractivity contribution in [3.05, 3.63) is 35.4 Å². The molecule has 0 bridgehead atoms. The summed E-state index contributed by atoms with van der Waals surface area (Å²) in [4.78, 5) is 14.1. The van der Waals surface area contributed by atoms with Crippen LogP contribution in [0, 0.1) is 6.92 Å². The van der Waals surface area contributed by atoms with Crippen molar-refractivity contribution in [2.45, 2.75) is 38.6 Å². The highest BCUT2D eigenvalue weighted by atomic mass is 32.2. The number of sulfonamides is 1. The van der Waals surface area contributed by atoms with Gasteiger partial charge in [0.15, 0.2) is 0 Å². The molecule has 1 fully saturated rings. The third-order valence-corrected chi connectivity index (χ3v) is 4.86. The number of piperidine rings is 1. The van der Waals surface area contributed by atoms with E-state index in [0.717, 1.165) is 6.42 Å². The maximum Gasteiger partial charge on any atom is 0.222 e. The number of nitrogens with zero attached hydrogens (tertiary/aromatic N) is 1. The van der Waals surface area contributed by atoms with Gasteiger partial charge in [-0.3, -0.25) is 4.79 Å². The largest absolute Gasteiger partial charge is 0.343 e. The van der Waals surface area contributed by atoms with Gasteiger partial charge in [0.25, 0.3) is 0 Å². The molecule has 1 heterocycles. The fourth-order valence-electron chi connectivity index (χ4n) is 2.84. The Morgan fingerprint density at radius 3 is 2.50 bits per heavy atom. The van der Waals surface area contributed by atoms with E-state index < -0.39 is 10.0 Å². The number of carbonyl (C=O) groups excluding carboxylic acids is 1. The van der Waals surface area contributed by atoms with Gasteiger partial charge in [0.2, 0.25) is 15.9 Å². The molecule has 1 N–H and O–H groups in total. The first-order valence-electron chi connectivity index (χ1n) is 7.65. The smallest absolute Gasteiger partial charge is 0.222 e. The molecule has 0 aliphatic carbocycles. The first kappa shape index (κ1) is 17.0. The van der Waals surface area contributed by atoms with E-state index in [1.54, 1.807) is 0 Å². The minimum absolute atomic E-state index is 0.0459. The second-order valence-corrected chi connectivity index (χ2v) is 7.75. The Hall–Kier alpha value is -1.40. The van der Waals surface area contributed by atoms with Crippen LogP contribution in [0.25, 0.3) is 0 Å². The summed E-state index contributed by atoms with van der Waals surface area (Å²) in [5, 5.41) is 0. The minimum atomic E-state index is -3.17. The van der Waals surface area contributed by atoms with Crippen LogP contribution in [0.3, 0.4) is 0 Å². The third-order valence-electron chi connectivity index (χ3n) is 4.10. The van der Waals surface area contributed by atoms with Gasteiger partial charge in [0.1, 0.15) is 0 Å². The standard InChI is InChI=1S/C16H24N2O3S/c1-13-5-3-4-6-14(13)7-8-16(19)18-11-9-15(10-12-18)17-22(2,20)21/h3-6,15,17H,7-12H2,1-2H3. The maximum atomic E-state index is 12.3. The van der Waals surface area contributed by atoms with Gasteiger partial charge in [0, 0.05) is 25.6 Å². The summed E-state index contributed by atoms with van der Waals surface area (Å²) >= 11 is 0. The van der Waals surface area contributed by atoms with Crippen LogP contribution in [0.2, 0.25) is 0 Å². The monoisotopic (exact) mass is 324 g/mol. The van der Waals surface area contributed by atoms with E-state index in [2.05, 4.69) is 23.8 Å². The van der Waals surface area contributed by atoms with E-state index in [1.807, 2.05) is 17.0 Å². The summed E-state index contributed by atoms with van der Waals surface area (Å²) in [5.74, 6) is 0.154. The highest BCUT2D eigenvalue weighted by Gasteiger charge is 2.24. The molecule has 0 atom stereocenters. The fourth-order valence-corrected chi connectivity index (χ4v) is 3.68. The molecule has 22 heavy (non-hydrogen) atoms. The van der Waals surface area contributed by atoms with E-state index in [-0.39, 0.29) is 11.9 Å². The summed E-state index contributed by atoms with van der Waals surface area (Å²) in [7, 11) is -3.17. The fraction of sp³-hybridized carbons (Fsp3) is 0.562. The zero-order chi connectivity index (χ0) is 16.2. The zero-order valence-electron chi connectivity index (χ0n) is 13.2. The topological polar surface area (TPSA) is 66.5 Å². The van der Waals surface area contributed by atoms with Gasteiger partial charge in [-0.2, -0.15) is 0 Å². The Morgan fingerprint density at radius 2 is 1.91 bits per heavy atom.